The topological polar surface area (TPSA) is 50.4 Å². The van der Waals surface area contributed by atoms with E-state index >= 15 is 0 Å². The Labute approximate surface area is 102 Å². The van der Waals surface area contributed by atoms with Crippen LogP contribution in [0.3, 0.4) is 0 Å². The first kappa shape index (κ1) is 13.4. The van der Waals surface area contributed by atoms with Gasteiger partial charge in [0, 0.05) is 6.04 Å². The summed E-state index contributed by atoms with van der Waals surface area (Å²) >= 11 is 0. The van der Waals surface area contributed by atoms with E-state index in [9.17, 15) is 4.79 Å². The number of carbonyl (C=O) groups is 1. The molecule has 0 aliphatic heterocycles. The Morgan fingerprint density at radius 3 is 2.47 bits per heavy atom. The molecule has 0 radical (unpaired) electrons. The van der Waals surface area contributed by atoms with Gasteiger partial charge in [-0.15, -0.1) is 0 Å². The summed E-state index contributed by atoms with van der Waals surface area (Å²) in [5.41, 5.74) is 2.79. The Kier molecular flexibility index (Phi) is 4.37. The summed E-state index contributed by atoms with van der Waals surface area (Å²) in [6, 6.07) is 3.80. The third kappa shape index (κ3) is 3.66. The molecule has 0 bridgehead atoms. The van der Waals surface area contributed by atoms with Crippen LogP contribution in [-0.2, 0) is 0 Å². The first-order valence-electron chi connectivity index (χ1n) is 5.66. The van der Waals surface area contributed by atoms with E-state index in [1.165, 1.54) is 0 Å². The SMILES string of the molecule is COc1c(C)cc(C)cc1NC(=O)NC(C)C. The molecule has 0 atom stereocenters. The van der Waals surface area contributed by atoms with Crippen molar-refractivity contribution in [3.63, 3.8) is 0 Å². The van der Waals surface area contributed by atoms with Crippen molar-refractivity contribution in [2.24, 2.45) is 0 Å². The number of hydrogen-bond acceptors (Lipinski definition) is 2. The molecule has 94 valence electrons. The van der Waals surface area contributed by atoms with Crippen LogP contribution in [0.4, 0.5) is 10.5 Å². The zero-order valence-electron chi connectivity index (χ0n) is 11.0. The van der Waals surface area contributed by atoms with Crippen LogP contribution in [0.25, 0.3) is 0 Å². The molecule has 0 unspecified atom stereocenters. The van der Waals surface area contributed by atoms with Crippen molar-refractivity contribution in [3.05, 3.63) is 23.3 Å². The third-order valence-electron chi connectivity index (χ3n) is 2.29. The molecule has 0 heterocycles. The second-order valence-electron chi connectivity index (χ2n) is 4.42. The Balaban J connectivity index is 2.93. The summed E-state index contributed by atoms with van der Waals surface area (Å²) < 4.78 is 5.29. The van der Waals surface area contributed by atoms with Crippen molar-refractivity contribution in [2.75, 3.05) is 12.4 Å². The lowest BCUT2D eigenvalue weighted by Crippen LogP contribution is -2.34. The van der Waals surface area contributed by atoms with E-state index in [0.29, 0.717) is 11.4 Å². The highest BCUT2D eigenvalue weighted by atomic mass is 16.5. The maximum absolute atomic E-state index is 11.6. The van der Waals surface area contributed by atoms with Crippen molar-refractivity contribution in [3.8, 4) is 5.75 Å². The minimum Gasteiger partial charge on any atom is -0.494 e. The summed E-state index contributed by atoms with van der Waals surface area (Å²) in [6.07, 6.45) is 0. The number of urea groups is 1. The van der Waals surface area contributed by atoms with E-state index in [1.54, 1.807) is 7.11 Å². The zero-order chi connectivity index (χ0) is 13.0. The molecule has 0 saturated carbocycles. The van der Waals surface area contributed by atoms with Crippen LogP contribution in [0.15, 0.2) is 12.1 Å². The predicted molar refractivity (Wildman–Crippen MR) is 69.8 cm³/mol. The van der Waals surface area contributed by atoms with Crippen molar-refractivity contribution < 1.29 is 9.53 Å². The van der Waals surface area contributed by atoms with Crippen LogP contribution in [0.2, 0.25) is 0 Å². The molecule has 0 aliphatic rings. The summed E-state index contributed by atoms with van der Waals surface area (Å²) in [5.74, 6) is 0.703. The lowest BCUT2D eigenvalue weighted by Gasteiger charge is -2.15. The van der Waals surface area contributed by atoms with E-state index in [2.05, 4.69) is 10.6 Å². The van der Waals surface area contributed by atoms with Gasteiger partial charge in [-0.25, -0.2) is 4.79 Å². The van der Waals surface area contributed by atoms with Gasteiger partial charge in [0.15, 0.2) is 0 Å². The number of hydrogen-bond donors (Lipinski definition) is 2. The lowest BCUT2D eigenvalue weighted by atomic mass is 10.1. The minimum atomic E-state index is -0.219. The Morgan fingerprint density at radius 2 is 1.94 bits per heavy atom. The molecule has 1 aromatic carbocycles. The molecule has 0 spiro atoms. The first-order chi connectivity index (χ1) is 7.93. The van der Waals surface area contributed by atoms with Gasteiger partial charge >= 0.3 is 6.03 Å². The summed E-state index contributed by atoms with van der Waals surface area (Å²) in [7, 11) is 1.60. The van der Waals surface area contributed by atoms with Crippen LogP contribution < -0.4 is 15.4 Å². The molecule has 17 heavy (non-hydrogen) atoms. The van der Waals surface area contributed by atoms with Gasteiger partial charge in [-0.05, 0) is 44.9 Å². The number of ether oxygens (including phenoxy) is 1. The summed E-state index contributed by atoms with van der Waals surface area (Å²) in [5, 5.41) is 5.58. The number of aryl methyl sites for hydroxylation is 2. The van der Waals surface area contributed by atoms with Crippen LogP contribution in [0.5, 0.6) is 5.75 Å². The van der Waals surface area contributed by atoms with E-state index in [0.717, 1.165) is 11.1 Å². The highest BCUT2D eigenvalue weighted by Crippen LogP contribution is 2.29. The molecular weight excluding hydrogens is 216 g/mol. The van der Waals surface area contributed by atoms with Crippen molar-refractivity contribution in [2.45, 2.75) is 33.7 Å². The van der Waals surface area contributed by atoms with Gasteiger partial charge < -0.3 is 15.4 Å². The maximum atomic E-state index is 11.6. The molecule has 4 heteroatoms. The second-order valence-corrected chi connectivity index (χ2v) is 4.42. The van der Waals surface area contributed by atoms with Gasteiger partial charge in [0.25, 0.3) is 0 Å². The number of amides is 2. The zero-order valence-corrected chi connectivity index (χ0v) is 11.0. The number of carbonyl (C=O) groups excluding carboxylic acids is 1. The minimum absolute atomic E-state index is 0.104. The van der Waals surface area contributed by atoms with Crippen LogP contribution in [-0.4, -0.2) is 19.2 Å². The molecule has 0 fully saturated rings. The predicted octanol–water partition coefficient (Wildman–Crippen LogP) is 2.84. The van der Waals surface area contributed by atoms with Gasteiger partial charge in [0.1, 0.15) is 5.75 Å². The molecule has 0 saturated heterocycles. The molecule has 2 N–H and O–H groups in total. The molecule has 1 aromatic rings. The number of methoxy groups -OCH3 is 1. The van der Waals surface area contributed by atoms with E-state index in [1.807, 2.05) is 39.8 Å². The molecular formula is C13H20N2O2. The Bertz CT molecular complexity index is 414. The Morgan fingerprint density at radius 1 is 1.29 bits per heavy atom. The van der Waals surface area contributed by atoms with Crippen LogP contribution in [0.1, 0.15) is 25.0 Å². The van der Waals surface area contributed by atoms with Crippen LogP contribution in [0, 0.1) is 13.8 Å². The van der Waals surface area contributed by atoms with Gasteiger partial charge in [0.2, 0.25) is 0 Å². The largest absolute Gasteiger partial charge is 0.494 e. The number of nitrogens with one attached hydrogen (secondary N) is 2. The number of benzene rings is 1. The average molecular weight is 236 g/mol. The average Bonchev–Trinajstić information content (AvgIpc) is 2.15. The first-order valence-corrected chi connectivity index (χ1v) is 5.66. The quantitative estimate of drug-likeness (QED) is 0.847. The second kappa shape index (κ2) is 5.57. The van der Waals surface area contributed by atoms with E-state index in [4.69, 9.17) is 4.74 Å². The van der Waals surface area contributed by atoms with Crippen molar-refractivity contribution in [1.82, 2.24) is 5.32 Å². The molecule has 1 rings (SSSR count). The number of anilines is 1. The van der Waals surface area contributed by atoms with Crippen LogP contribution >= 0.6 is 0 Å². The fourth-order valence-corrected chi connectivity index (χ4v) is 1.74. The summed E-state index contributed by atoms with van der Waals surface area (Å²) in [6.45, 7) is 7.77. The highest BCUT2D eigenvalue weighted by molar-refractivity contribution is 5.91. The standard InChI is InChI=1S/C13H20N2O2/c1-8(2)14-13(16)15-11-7-9(3)6-10(4)12(11)17-5/h6-8H,1-5H3,(H2,14,15,16). The maximum Gasteiger partial charge on any atom is 0.319 e. The van der Waals surface area contributed by atoms with Crippen molar-refractivity contribution >= 4 is 11.7 Å². The smallest absolute Gasteiger partial charge is 0.319 e. The van der Waals surface area contributed by atoms with Gasteiger partial charge in [-0.2, -0.15) is 0 Å². The Hall–Kier alpha value is -1.71. The monoisotopic (exact) mass is 236 g/mol. The highest BCUT2D eigenvalue weighted by Gasteiger charge is 2.10. The van der Waals surface area contributed by atoms with Gasteiger partial charge in [0.05, 0.1) is 12.8 Å². The van der Waals surface area contributed by atoms with Gasteiger partial charge in [-0.3, -0.25) is 0 Å². The fraction of sp³-hybridized carbons (Fsp3) is 0.462. The molecule has 2 amide bonds. The molecule has 0 aliphatic carbocycles. The fourth-order valence-electron chi connectivity index (χ4n) is 1.74. The van der Waals surface area contributed by atoms with Gasteiger partial charge in [-0.1, -0.05) is 6.07 Å². The normalized spacial score (nSPS) is 10.2. The number of rotatable bonds is 3. The third-order valence-corrected chi connectivity index (χ3v) is 2.29. The summed E-state index contributed by atoms with van der Waals surface area (Å²) in [4.78, 5) is 11.6. The van der Waals surface area contributed by atoms with E-state index in [-0.39, 0.29) is 12.1 Å². The lowest BCUT2D eigenvalue weighted by molar-refractivity contribution is 0.250. The molecule has 4 nitrogen and oxygen atoms in total. The van der Waals surface area contributed by atoms with Crippen molar-refractivity contribution in [1.29, 1.82) is 0 Å². The van der Waals surface area contributed by atoms with E-state index < -0.39 is 0 Å². The molecule has 0 aromatic heterocycles.